The first kappa shape index (κ1) is 26.6. The maximum atomic E-state index is 12.7. The molecule has 37 heavy (non-hydrogen) atoms. The molecular formula is C26H24N4NaO6+. The van der Waals surface area contributed by atoms with E-state index in [1.807, 2.05) is 6.07 Å². The number of allylic oxidation sites excluding steroid dienone is 2. The molecule has 2 saturated heterocycles. The first-order valence-electron chi connectivity index (χ1n) is 11.5. The zero-order valence-corrected chi connectivity index (χ0v) is 22.5. The maximum Gasteiger partial charge on any atom is 1.00 e. The molecule has 1 aromatic heterocycles. The van der Waals surface area contributed by atoms with E-state index in [4.69, 9.17) is 0 Å². The molecule has 3 atom stereocenters. The van der Waals surface area contributed by atoms with Crippen molar-refractivity contribution in [3.8, 4) is 5.75 Å². The molecule has 11 heteroatoms. The number of anilines is 1. The van der Waals surface area contributed by atoms with E-state index in [1.54, 1.807) is 47.3 Å². The molecule has 4 heterocycles. The fraction of sp³-hybridized carbons (Fsp3) is 0.269. The van der Waals surface area contributed by atoms with E-state index in [0.29, 0.717) is 24.2 Å². The molecule has 2 unspecified atom stereocenters. The summed E-state index contributed by atoms with van der Waals surface area (Å²) in [6.45, 7) is 1.87. The van der Waals surface area contributed by atoms with Crippen LogP contribution in [0.25, 0.3) is 6.08 Å². The summed E-state index contributed by atoms with van der Waals surface area (Å²) in [6.07, 6.45) is 7.28. The van der Waals surface area contributed by atoms with Crippen molar-refractivity contribution in [1.29, 1.82) is 0 Å². The van der Waals surface area contributed by atoms with E-state index < -0.39 is 12.0 Å². The van der Waals surface area contributed by atoms with Crippen molar-refractivity contribution in [2.24, 2.45) is 5.92 Å². The molecule has 0 bridgehead atoms. The number of aliphatic carboxylic acids is 1. The third kappa shape index (κ3) is 5.04. The average Bonchev–Trinajstić information content (AvgIpc) is 3.20. The predicted octanol–water partition coefficient (Wildman–Crippen LogP) is -3.20. The number of carbonyl (C=O) groups excluding carboxylic acids is 4. The summed E-state index contributed by atoms with van der Waals surface area (Å²) in [5.41, 5.74) is 1.61. The number of hydrogen-bond donors (Lipinski definition) is 2. The third-order valence-corrected chi connectivity index (χ3v) is 6.82. The fourth-order valence-corrected chi connectivity index (χ4v) is 5.28. The monoisotopic (exact) mass is 511 g/mol. The first-order chi connectivity index (χ1) is 17.2. The molecule has 3 amide bonds. The van der Waals surface area contributed by atoms with Crippen LogP contribution in [0, 0.1) is 5.92 Å². The molecule has 10 nitrogen and oxygen atoms in total. The predicted molar refractivity (Wildman–Crippen MR) is 124 cm³/mol. The van der Waals surface area contributed by atoms with E-state index in [1.165, 1.54) is 28.9 Å². The van der Waals surface area contributed by atoms with Crippen molar-refractivity contribution in [3.63, 3.8) is 0 Å². The van der Waals surface area contributed by atoms with Gasteiger partial charge in [0.2, 0.25) is 12.5 Å². The van der Waals surface area contributed by atoms with Gasteiger partial charge in [-0.15, -0.1) is 0 Å². The van der Waals surface area contributed by atoms with Crippen LogP contribution in [0.15, 0.2) is 66.1 Å². The second-order valence-corrected chi connectivity index (χ2v) is 9.18. The number of phenolic OH excluding ortho intramolecular Hbond substituents is 1. The molecule has 0 aliphatic carbocycles. The third-order valence-electron chi connectivity index (χ3n) is 6.82. The number of carboxylic acids is 1. The van der Waals surface area contributed by atoms with Crippen LogP contribution < -0.4 is 44.5 Å². The number of carboxylic acid groups (broad SMARTS) is 1. The van der Waals surface area contributed by atoms with Crippen LogP contribution in [0.1, 0.15) is 18.9 Å². The minimum absolute atomic E-state index is 0. The number of carbonyl (C=O) groups is 4. The molecule has 2 fully saturated rings. The number of aromatic nitrogens is 1. The van der Waals surface area contributed by atoms with Crippen molar-refractivity contribution >= 4 is 35.5 Å². The van der Waals surface area contributed by atoms with Crippen LogP contribution >= 0.6 is 0 Å². The van der Waals surface area contributed by atoms with E-state index in [-0.39, 0.29) is 77.2 Å². The number of hydrogen-bond acceptors (Lipinski definition) is 6. The Hall–Kier alpha value is -3.47. The Morgan fingerprint density at radius 3 is 2.59 bits per heavy atom. The van der Waals surface area contributed by atoms with Crippen molar-refractivity contribution in [2.45, 2.75) is 32.0 Å². The molecule has 5 rings (SSSR count). The number of amides is 3. The molecule has 3 aliphatic rings. The molecule has 184 valence electrons. The van der Waals surface area contributed by atoms with Gasteiger partial charge < -0.3 is 30.1 Å². The van der Waals surface area contributed by atoms with Gasteiger partial charge in [0.25, 0.3) is 11.8 Å². The summed E-state index contributed by atoms with van der Waals surface area (Å²) >= 11 is 0. The Bertz CT molecular complexity index is 1340. The van der Waals surface area contributed by atoms with Crippen LogP contribution in [0.5, 0.6) is 5.75 Å². The Kier molecular flexibility index (Phi) is 7.54. The van der Waals surface area contributed by atoms with Crippen LogP contribution in [-0.4, -0.2) is 57.2 Å². The molecule has 3 aliphatic heterocycles. The minimum atomic E-state index is -1.42. The van der Waals surface area contributed by atoms with Crippen molar-refractivity contribution < 1.29 is 63.5 Å². The van der Waals surface area contributed by atoms with Gasteiger partial charge in [0, 0.05) is 36.7 Å². The van der Waals surface area contributed by atoms with Gasteiger partial charge in [-0.3, -0.25) is 14.4 Å². The minimum Gasteiger partial charge on any atom is -0.543 e. The summed E-state index contributed by atoms with van der Waals surface area (Å²) in [4.78, 5) is 51.8. The molecule has 2 aromatic rings. The zero-order chi connectivity index (χ0) is 25.6. The standard InChI is InChI=1S/C26H24N4O6.Na/c1-15(31)29-13-18-11-17(23(26(35)36)30-22(18)24(29)25(30)34)5-4-16-3-2-10-28(12-16)14-21(33)27-19-6-8-20(32)9-7-19;/h2-10,12,18,22,24H,11,13-14H2,1H3,(H2-,27,32,33,35,36);/q;+1/b5-4+;/t18?,22-,24?;/m1./s1. The smallest absolute Gasteiger partial charge is 0.543 e. The Labute approximate surface area is 235 Å². The van der Waals surface area contributed by atoms with Crippen molar-refractivity contribution in [2.75, 3.05) is 11.9 Å². The quantitative estimate of drug-likeness (QED) is 0.182. The summed E-state index contributed by atoms with van der Waals surface area (Å²) in [5, 5.41) is 24.1. The van der Waals surface area contributed by atoms with Gasteiger partial charge in [-0.05, 0) is 48.4 Å². The maximum absolute atomic E-state index is 12.7. The Morgan fingerprint density at radius 2 is 1.92 bits per heavy atom. The van der Waals surface area contributed by atoms with E-state index in [2.05, 4.69) is 5.32 Å². The van der Waals surface area contributed by atoms with Gasteiger partial charge in [0.15, 0.2) is 12.4 Å². The number of likely N-dealkylation sites (tertiary alicyclic amines) is 1. The van der Waals surface area contributed by atoms with Crippen LogP contribution in [0.3, 0.4) is 0 Å². The second kappa shape index (κ2) is 10.5. The SMILES string of the molecule is CC(=O)N1CC2CC(/C=C/c3ccc[n+](CC(=O)Nc4ccc(O)cc4)c3)=C(C(=O)[O-])N3C(=O)C1[C@@H]23.[Na+]. The largest absolute Gasteiger partial charge is 1.00 e. The van der Waals surface area contributed by atoms with Gasteiger partial charge in [-0.25, -0.2) is 0 Å². The molecule has 1 aromatic carbocycles. The van der Waals surface area contributed by atoms with Crippen molar-refractivity contribution in [3.05, 3.63) is 71.7 Å². The second-order valence-electron chi connectivity index (χ2n) is 9.18. The van der Waals surface area contributed by atoms with E-state index in [9.17, 15) is 29.4 Å². The average molecular weight is 511 g/mol. The number of aromatic hydroxyl groups is 1. The molecular weight excluding hydrogens is 487 g/mol. The van der Waals surface area contributed by atoms with Gasteiger partial charge in [-0.1, -0.05) is 6.08 Å². The number of nitrogens with one attached hydrogen (secondary N) is 1. The van der Waals surface area contributed by atoms with Crippen LogP contribution in [0.2, 0.25) is 0 Å². The van der Waals surface area contributed by atoms with Gasteiger partial charge in [0.1, 0.15) is 11.8 Å². The fourth-order valence-electron chi connectivity index (χ4n) is 5.28. The van der Waals surface area contributed by atoms with Gasteiger partial charge in [0.05, 0.1) is 17.7 Å². The summed E-state index contributed by atoms with van der Waals surface area (Å²) in [5.74, 6) is -2.19. The number of β-lactam (4-membered cyclic amide) rings is 1. The number of pyridine rings is 1. The molecule has 0 spiro atoms. The van der Waals surface area contributed by atoms with Crippen LogP contribution in [0.4, 0.5) is 5.69 Å². The van der Waals surface area contributed by atoms with Crippen LogP contribution in [-0.2, 0) is 25.7 Å². The van der Waals surface area contributed by atoms with Gasteiger partial charge in [-0.2, -0.15) is 4.57 Å². The molecule has 0 saturated carbocycles. The van der Waals surface area contributed by atoms with E-state index >= 15 is 0 Å². The van der Waals surface area contributed by atoms with Crippen molar-refractivity contribution in [1.82, 2.24) is 9.80 Å². The molecule has 2 N–H and O–H groups in total. The number of rotatable bonds is 6. The number of benzene rings is 1. The summed E-state index contributed by atoms with van der Waals surface area (Å²) in [6, 6.07) is 8.82. The number of nitrogens with zero attached hydrogens (tertiary/aromatic N) is 3. The number of phenols is 1. The van der Waals surface area contributed by atoms with E-state index in [0.717, 1.165) is 5.56 Å². The normalized spacial score (nSPS) is 21.9. The first-order valence-corrected chi connectivity index (χ1v) is 11.5. The Balaban J connectivity index is 0.00000320. The summed E-state index contributed by atoms with van der Waals surface area (Å²) < 4.78 is 1.69. The topological polar surface area (TPSA) is 134 Å². The van der Waals surface area contributed by atoms with Gasteiger partial charge >= 0.3 is 29.6 Å². The zero-order valence-electron chi connectivity index (χ0n) is 20.5. The summed E-state index contributed by atoms with van der Waals surface area (Å²) in [7, 11) is 0. The Morgan fingerprint density at radius 1 is 1.19 bits per heavy atom. The molecule has 0 radical (unpaired) electrons.